The average Bonchev–Trinajstić information content (AvgIpc) is 3.02. The normalized spacial score (nSPS) is 19.2. The molecule has 1 atom stereocenters. The molecule has 0 spiro atoms. The molecule has 0 radical (unpaired) electrons. The van der Waals surface area contributed by atoms with Crippen molar-refractivity contribution in [2.24, 2.45) is 0 Å². The topological polar surface area (TPSA) is 61.9 Å². The molecular weight excluding hydrogens is 390 g/mol. The number of hydrogen-bond donors (Lipinski definition) is 1. The molecule has 0 bridgehead atoms. The van der Waals surface area contributed by atoms with Gasteiger partial charge in [0.1, 0.15) is 6.17 Å². The molecule has 152 valence electrons. The fraction of sp³-hybridized carbons (Fsp3) is 0.364. The number of anilines is 1. The van der Waals surface area contributed by atoms with Crippen molar-refractivity contribution < 1.29 is 14.3 Å². The number of amides is 2. The van der Waals surface area contributed by atoms with Crippen molar-refractivity contribution in [3.63, 3.8) is 0 Å². The minimum Gasteiger partial charge on any atom is -0.450 e. The lowest BCUT2D eigenvalue weighted by Crippen LogP contribution is -2.49. The van der Waals surface area contributed by atoms with Gasteiger partial charge >= 0.3 is 6.09 Å². The van der Waals surface area contributed by atoms with Gasteiger partial charge in [-0.2, -0.15) is 0 Å². The van der Waals surface area contributed by atoms with Crippen molar-refractivity contribution >= 4 is 29.3 Å². The number of carbonyl (C=O) groups is 2. The molecule has 1 N–H and O–H groups in total. The number of hydrogen-bond acceptors (Lipinski definition) is 4. The Morgan fingerprint density at radius 3 is 2.55 bits per heavy atom. The lowest BCUT2D eigenvalue weighted by molar-refractivity contribution is 0.0496. The molecule has 2 aromatic rings. The number of halogens is 1. The third-order valence-corrected chi connectivity index (χ3v) is 5.88. The monoisotopic (exact) mass is 413 g/mol. The van der Waals surface area contributed by atoms with Crippen molar-refractivity contribution in [2.75, 3.05) is 25.0 Å². The van der Waals surface area contributed by atoms with Crippen molar-refractivity contribution in [3.8, 4) is 0 Å². The van der Waals surface area contributed by atoms with Crippen LogP contribution in [0.25, 0.3) is 0 Å². The molecule has 2 heterocycles. The highest BCUT2D eigenvalue weighted by Crippen LogP contribution is 2.39. The fourth-order valence-electron chi connectivity index (χ4n) is 4.13. The van der Waals surface area contributed by atoms with Gasteiger partial charge in [-0.25, -0.2) is 4.79 Å². The first-order chi connectivity index (χ1) is 14.1. The number of nitrogens with one attached hydrogen (secondary N) is 1. The third-order valence-electron chi connectivity index (χ3n) is 5.55. The van der Waals surface area contributed by atoms with Crippen molar-refractivity contribution in [3.05, 3.63) is 64.7 Å². The maximum absolute atomic E-state index is 13.2. The van der Waals surface area contributed by atoms with Crippen LogP contribution in [-0.4, -0.2) is 47.5 Å². The smallest absolute Gasteiger partial charge is 0.409 e. The predicted molar refractivity (Wildman–Crippen MR) is 112 cm³/mol. The van der Waals surface area contributed by atoms with Crippen LogP contribution in [0.3, 0.4) is 0 Å². The minimum absolute atomic E-state index is 0.0136. The molecule has 6 nitrogen and oxygen atoms in total. The lowest BCUT2D eigenvalue weighted by atomic mass is 10.0. The Balaban J connectivity index is 1.57. The van der Waals surface area contributed by atoms with E-state index in [1.54, 1.807) is 11.8 Å². The Hall–Kier alpha value is -2.73. The molecule has 0 saturated carbocycles. The molecule has 2 aliphatic rings. The summed E-state index contributed by atoms with van der Waals surface area (Å²) in [5.41, 5.74) is 2.45. The van der Waals surface area contributed by atoms with Gasteiger partial charge < -0.3 is 19.9 Å². The Morgan fingerprint density at radius 1 is 1.14 bits per heavy atom. The minimum atomic E-state index is -0.294. The molecule has 7 heteroatoms. The van der Waals surface area contributed by atoms with Gasteiger partial charge in [0.25, 0.3) is 5.91 Å². The first-order valence-corrected chi connectivity index (χ1v) is 10.3. The summed E-state index contributed by atoms with van der Waals surface area (Å²) in [5, 5.41) is 4.08. The van der Waals surface area contributed by atoms with Crippen LogP contribution in [0.1, 0.15) is 41.9 Å². The molecule has 0 aromatic heterocycles. The van der Waals surface area contributed by atoms with E-state index >= 15 is 0 Å². The van der Waals surface area contributed by atoms with E-state index in [-0.39, 0.29) is 24.2 Å². The molecule has 29 heavy (non-hydrogen) atoms. The number of piperidine rings is 1. The van der Waals surface area contributed by atoms with Crippen molar-refractivity contribution in [1.82, 2.24) is 9.80 Å². The first kappa shape index (κ1) is 19.6. The summed E-state index contributed by atoms with van der Waals surface area (Å²) >= 11 is 6.36. The summed E-state index contributed by atoms with van der Waals surface area (Å²) in [7, 11) is 0. The number of carbonyl (C=O) groups excluding carboxylic acids is 2. The zero-order chi connectivity index (χ0) is 20.4. The van der Waals surface area contributed by atoms with Gasteiger partial charge in [-0.05, 0) is 38.0 Å². The van der Waals surface area contributed by atoms with Gasteiger partial charge in [0.2, 0.25) is 0 Å². The second kappa shape index (κ2) is 8.33. The highest BCUT2D eigenvalue weighted by Gasteiger charge is 2.42. The van der Waals surface area contributed by atoms with Gasteiger partial charge in [-0.1, -0.05) is 41.9 Å². The summed E-state index contributed by atoms with van der Waals surface area (Å²) in [6, 6.07) is 15.2. The van der Waals surface area contributed by atoms with E-state index in [4.69, 9.17) is 16.3 Å². The number of benzene rings is 2. The van der Waals surface area contributed by atoms with E-state index in [1.165, 1.54) is 0 Å². The fourth-order valence-corrected chi connectivity index (χ4v) is 4.32. The maximum Gasteiger partial charge on any atom is 0.409 e. The summed E-state index contributed by atoms with van der Waals surface area (Å²) in [6.07, 6.45) is 0.837. The van der Waals surface area contributed by atoms with Gasteiger partial charge in [-0.15, -0.1) is 0 Å². The zero-order valence-corrected chi connectivity index (χ0v) is 17.1. The van der Waals surface area contributed by atoms with Gasteiger partial charge in [0.05, 0.1) is 17.3 Å². The Kier molecular flexibility index (Phi) is 5.62. The van der Waals surface area contributed by atoms with Crippen LogP contribution in [0.15, 0.2) is 48.5 Å². The number of nitrogens with zero attached hydrogens (tertiary/aromatic N) is 2. The van der Waals surface area contributed by atoms with E-state index in [9.17, 15) is 9.59 Å². The molecule has 0 aliphatic carbocycles. The first-order valence-electron chi connectivity index (χ1n) is 9.94. The van der Waals surface area contributed by atoms with E-state index in [1.807, 2.05) is 53.4 Å². The standard InChI is InChI=1S/C22H24ClN3O3/c1-2-29-22(28)25-13-11-15(12-14-25)26-20(24-19-10-6-5-9-18(19)23)16-7-3-4-8-17(16)21(26)27/h3-10,15,20,24H,2,11-14H2,1H3/t20-/m0/s1. The highest BCUT2D eigenvalue weighted by molar-refractivity contribution is 6.33. The van der Waals surface area contributed by atoms with Crippen molar-refractivity contribution in [1.29, 1.82) is 0 Å². The Bertz CT molecular complexity index is 912. The molecule has 2 aromatic carbocycles. The SMILES string of the molecule is CCOC(=O)N1CCC(N2C(=O)c3ccccc3[C@H]2Nc2ccccc2Cl)CC1. The van der Waals surface area contributed by atoms with Crippen LogP contribution in [-0.2, 0) is 4.74 Å². The molecule has 1 fully saturated rings. The van der Waals surface area contributed by atoms with Crippen LogP contribution < -0.4 is 5.32 Å². The maximum atomic E-state index is 13.2. The molecule has 1 saturated heterocycles. The third kappa shape index (κ3) is 3.77. The van der Waals surface area contributed by atoms with Crippen LogP contribution in [0, 0.1) is 0 Å². The van der Waals surface area contributed by atoms with Gasteiger partial charge in [0, 0.05) is 30.3 Å². The Morgan fingerprint density at radius 2 is 1.83 bits per heavy atom. The van der Waals surface area contributed by atoms with Gasteiger partial charge in [0.15, 0.2) is 0 Å². The van der Waals surface area contributed by atoms with E-state index < -0.39 is 0 Å². The zero-order valence-electron chi connectivity index (χ0n) is 16.3. The molecule has 2 amide bonds. The average molecular weight is 414 g/mol. The summed E-state index contributed by atoms with van der Waals surface area (Å²) < 4.78 is 5.11. The highest BCUT2D eigenvalue weighted by atomic mass is 35.5. The van der Waals surface area contributed by atoms with Crippen LogP contribution in [0.4, 0.5) is 10.5 Å². The van der Waals surface area contributed by atoms with Crippen LogP contribution in [0.5, 0.6) is 0 Å². The summed E-state index contributed by atoms with van der Waals surface area (Å²) in [4.78, 5) is 28.9. The quantitative estimate of drug-likeness (QED) is 0.800. The lowest BCUT2D eigenvalue weighted by Gasteiger charge is -2.39. The molecule has 2 aliphatic heterocycles. The van der Waals surface area contributed by atoms with Gasteiger partial charge in [-0.3, -0.25) is 4.79 Å². The molecule has 0 unspecified atom stereocenters. The second-order valence-corrected chi connectivity index (χ2v) is 7.65. The number of likely N-dealkylation sites (tertiary alicyclic amines) is 1. The second-order valence-electron chi connectivity index (χ2n) is 7.24. The number of fused-ring (bicyclic) bond motifs is 1. The van der Waals surface area contributed by atoms with Crippen molar-refractivity contribution in [2.45, 2.75) is 32.0 Å². The summed E-state index contributed by atoms with van der Waals surface area (Å²) in [6.45, 7) is 3.31. The molecule has 4 rings (SSSR count). The van der Waals surface area contributed by atoms with E-state index in [2.05, 4.69) is 5.32 Å². The van der Waals surface area contributed by atoms with Crippen LogP contribution in [0.2, 0.25) is 5.02 Å². The largest absolute Gasteiger partial charge is 0.450 e. The number of para-hydroxylation sites is 1. The van der Waals surface area contributed by atoms with Crippen LogP contribution >= 0.6 is 11.6 Å². The predicted octanol–water partition coefficient (Wildman–Crippen LogP) is 4.53. The van der Waals surface area contributed by atoms with E-state index in [0.29, 0.717) is 43.1 Å². The van der Waals surface area contributed by atoms with E-state index in [0.717, 1.165) is 11.3 Å². The number of ether oxygens (including phenoxy) is 1. The molecular formula is C22H24ClN3O3. The Labute approximate surface area is 175 Å². The number of rotatable bonds is 4. The summed E-state index contributed by atoms with van der Waals surface area (Å²) in [5.74, 6) is 0.0136.